The van der Waals surface area contributed by atoms with Gasteiger partial charge in [-0.3, -0.25) is 19.3 Å². The van der Waals surface area contributed by atoms with E-state index in [1.54, 1.807) is 53.4 Å². The van der Waals surface area contributed by atoms with Gasteiger partial charge in [0.15, 0.2) is 0 Å². The number of carbonyl (C=O) groups excluding carboxylic acids is 2. The van der Waals surface area contributed by atoms with Crippen LogP contribution in [0.5, 0.6) is 0 Å². The summed E-state index contributed by atoms with van der Waals surface area (Å²) in [6.45, 7) is 1.20. The largest absolute Gasteiger partial charge is 0.480 e. The van der Waals surface area contributed by atoms with Crippen molar-refractivity contribution in [1.82, 2.24) is 15.5 Å². The number of amides is 2. The fourth-order valence-corrected chi connectivity index (χ4v) is 3.64. The van der Waals surface area contributed by atoms with E-state index in [2.05, 4.69) is 10.6 Å². The van der Waals surface area contributed by atoms with Crippen LogP contribution in [0.4, 0.5) is 0 Å². The lowest BCUT2D eigenvalue weighted by Gasteiger charge is -2.29. The van der Waals surface area contributed by atoms with Crippen molar-refractivity contribution in [3.8, 4) is 0 Å². The summed E-state index contributed by atoms with van der Waals surface area (Å²) in [7, 11) is 0. The Morgan fingerprint density at radius 3 is 1.50 bits per heavy atom. The van der Waals surface area contributed by atoms with Gasteiger partial charge in [0.2, 0.25) is 0 Å². The quantitative estimate of drug-likeness (QED) is 0.387. The lowest BCUT2D eigenvalue weighted by atomic mass is 10.0. The molecule has 2 amide bonds. The highest BCUT2D eigenvalue weighted by Gasteiger charge is 2.26. The third-order valence-electron chi connectivity index (χ3n) is 5.44. The minimum atomic E-state index is -0.951. The second kappa shape index (κ2) is 12.9. The van der Waals surface area contributed by atoms with Crippen LogP contribution in [0.25, 0.3) is 0 Å². The summed E-state index contributed by atoms with van der Waals surface area (Å²) < 4.78 is 0. The summed E-state index contributed by atoms with van der Waals surface area (Å²) in [5, 5.41) is 15.7. The maximum atomic E-state index is 12.4. The van der Waals surface area contributed by atoms with E-state index in [4.69, 9.17) is 0 Å². The summed E-state index contributed by atoms with van der Waals surface area (Å²) >= 11 is 0. The van der Waals surface area contributed by atoms with Gasteiger partial charge in [-0.2, -0.15) is 0 Å². The minimum absolute atomic E-state index is 0.215. The maximum Gasteiger partial charge on any atom is 0.321 e. The number of nitrogens with one attached hydrogen (secondary N) is 2. The molecule has 3 N–H and O–H groups in total. The summed E-state index contributed by atoms with van der Waals surface area (Å²) in [6.07, 6.45) is 0.315. The maximum absolute atomic E-state index is 12.4. The zero-order valence-electron chi connectivity index (χ0n) is 18.9. The normalized spacial score (nSPS) is 11.6. The molecule has 0 saturated heterocycles. The Labute approximate surface area is 199 Å². The molecule has 0 heterocycles. The first-order chi connectivity index (χ1) is 16.5. The monoisotopic (exact) mass is 459 g/mol. The van der Waals surface area contributed by atoms with Crippen LogP contribution in [-0.4, -0.2) is 60.0 Å². The average molecular weight is 460 g/mol. The highest BCUT2D eigenvalue weighted by molar-refractivity contribution is 5.94. The van der Waals surface area contributed by atoms with Gasteiger partial charge >= 0.3 is 5.97 Å². The standard InChI is InChI=1S/C27H29N3O4/c31-25(22-12-6-2-7-13-22)28-16-18-30(19-17-29-26(32)23-14-8-3-9-15-23)24(27(33)34)20-21-10-4-1-5-11-21/h1-15,24H,16-20H2,(H,28,31)(H,29,32)(H,33,34)/t24-/m0/s1. The number of hydrogen-bond donors (Lipinski definition) is 3. The van der Waals surface area contributed by atoms with E-state index in [-0.39, 0.29) is 24.9 Å². The minimum Gasteiger partial charge on any atom is -0.480 e. The van der Waals surface area contributed by atoms with E-state index >= 15 is 0 Å². The van der Waals surface area contributed by atoms with Crippen molar-refractivity contribution in [1.29, 1.82) is 0 Å². The fraction of sp³-hybridized carbons (Fsp3) is 0.222. The van der Waals surface area contributed by atoms with Gasteiger partial charge in [-0.15, -0.1) is 0 Å². The molecule has 7 heteroatoms. The van der Waals surface area contributed by atoms with Crippen molar-refractivity contribution in [2.75, 3.05) is 26.2 Å². The molecule has 34 heavy (non-hydrogen) atoms. The molecule has 176 valence electrons. The number of aliphatic carboxylic acids is 1. The molecule has 0 bridgehead atoms. The van der Waals surface area contributed by atoms with Gasteiger partial charge in [-0.1, -0.05) is 66.7 Å². The molecule has 3 aromatic rings. The first-order valence-corrected chi connectivity index (χ1v) is 11.2. The Morgan fingerprint density at radius 2 is 1.09 bits per heavy atom. The lowest BCUT2D eigenvalue weighted by Crippen LogP contribution is -2.49. The highest BCUT2D eigenvalue weighted by atomic mass is 16.4. The molecule has 1 atom stereocenters. The van der Waals surface area contributed by atoms with E-state index in [0.717, 1.165) is 5.56 Å². The smallest absolute Gasteiger partial charge is 0.321 e. The van der Waals surface area contributed by atoms with Crippen molar-refractivity contribution < 1.29 is 19.5 Å². The second-order valence-electron chi connectivity index (χ2n) is 7.82. The van der Waals surface area contributed by atoms with Gasteiger partial charge in [0.25, 0.3) is 11.8 Å². The fourth-order valence-electron chi connectivity index (χ4n) is 3.64. The van der Waals surface area contributed by atoms with Crippen LogP contribution in [0, 0.1) is 0 Å². The van der Waals surface area contributed by atoms with Gasteiger partial charge in [0.1, 0.15) is 6.04 Å². The van der Waals surface area contributed by atoms with Crippen molar-refractivity contribution in [2.45, 2.75) is 12.5 Å². The van der Waals surface area contributed by atoms with Crippen LogP contribution < -0.4 is 10.6 Å². The number of nitrogens with zero attached hydrogens (tertiary/aromatic N) is 1. The molecule has 0 radical (unpaired) electrons. The van der Waals surface area contributed by atoms with Crippen LogP contribution in [0.2, 0.25) is 0 Å². The molecule has 3 rings (SSSR count). The van der Waals surface area contributed by atoms with Crippen molar-refractivity contribution in [3.63, 3.8) is 0 Å². The Bertz CT molecular complexity index is 1000. The Kier molecular flexibility index (Phi) is 9.37. The third-order valence-corrected chi connectivity index (χ3v) is 5.44. The van der Waals surface area contributed by atoms with Gasteiger partial charge in [-0.05, 0) is 36.2 Å². The number of carboxylic acid groups (broad SMARTS) is 1. The van der Waals surface area contributed by atoms with Crippen molar-refractivity contribution in [3.05, 3.63) is 108 Å². The van der Waals surface area contributed by atoms with E-state index in [1.165, 1.54) is 0 Å². The number of carboxylic acids is 1. The van der Waals surface area contributed by atoms with E-state index < -0.39 is 12.0 Å². The van der Waals surface area contributed by atoms with Gasteiger partial charge in [-0.25, -0.2) is 0 Å². The zero-order valence-corrected chi connectivity index (χ0v) is 18.9. The Morgan fingerprint density at radius 1 is 0.676 bits per heavy atom. The van der Waals surface area contributed by atoms with Gasteiger partial charge in [0, 0.05) is 37.3 Å². The molecule has 3 aromatic carbocycles. The first-order valence-electron chi connectivity index (χ1n) is 11.2. The van der Waals surface area contributed by atoms with E-state index in [0.29, 0.717) is 30.6 Å². The molecule has 0 aliphatic carbocycles. The number of rotatable bonds is 12. The van der Waals surface area contributed by atoms with Gasteiger partial charge in [0.05, 0.1) is 0 Å². The molecule has 0 unspecified atom stereocenters. The molecule has 7 nitrogen and oxygen atoms in total. The molecule has 0 saturated carbocycles. The molecule has 0 spiro atoms. The van der Waals surface area contributed by atoms with Crippen LogP contribution >= 0.6 is 0 Å². The molecule has 0 aliphatic rings. The SMILES string of the molecule is O=C(NCCN(CCNC(=O)c1ccccc1)[C@@H](Cc1ccccc1)C(=O)O)c1ccccc1. The summed E-state index contributed by atoms with van der Waals surface area (Å²) in [6, 6.07) is 26.3. The van der Waals surface area contributed by atoms with Crippen LogP contribution in [0.1, 0.15) is 26.3 Å². The second-order valence-corrected chi connectivity index (χ2v) is 7.82. The van der Waals surface area contributed by atoms with Crippen molar-refractivity contribution >= 4 is 17.8 Å². The zero-order chi connectivity index (χ0) is 24.2. The van der Waals surface area contributed by atoms with Crippen molar-refractivity contribution in [2.24, 2.45) is 0 Å². The predicted molar refractivity (Wildman–Crippen MR) is 131 cm³/mol. The lowest BCUT2D eigenvalue weighted by molar-refractivity contribution is -0.143. The topological polar surface area (TPSA) is 98.7 Å². The van der Waals surface area contributed by atoms with Gasteiger partial charge < -0.3 is 15.7 Å². The third kappa shape index (κ3) is 7.56. The van der Waals surface area contributed by atoms with E-state index in [9.17, 15) is 19.5 Å². The number of benzene rings is 3. The van der Waals surface area contributed by atoms with Crippen LogP contribution in [-0.2, 0) is 11.2 Å². The molecular weight excluding hydrogens is 430 g/mol. The summed E-state index contributed by atoms with van der Waals surface area (Å²) in [4.78, 5) is 38.7. The molecular formula is C27H29N3O4. The summed E-state index contributed by atoms with van der Waals surface area (Å²) in [5.41, 5.74) is 1.99. The predicted octanol–water partition coefficient (Wildman–Crippen LogP) is 2.84. The molecule has 0 aliphatic heterocycles. The molecule has 0 aromatic heterocycles. The van der Waals surface area contributed by atoms with Crippen LogP contribution in [0.15, 0.2) is 91.0 Å². The Balaban J connectivity index is 1.64. The Hall–Kier alpha value is -3.97. The summed E-state index contributed by atoms with van der Waals surface area (Å²) in [5.74, 6) is -1.38. The number of carbonyl (C=O) groups is 3. The average Bonchev–Trinajstić information content (AvgIpc) is 2.88. The number of hydrogen-bond acceptors (Lipinski definition) is 4. The van der Waals surface area contributed by atoms with E-state index in [1.807, 2.05) is 42.5 Å². The van der Waals surface area contributed by atoms with Crippen LogP contribution in [0.3, 0.4) is 0 Å². The highest BCUT2D eigenvalue weighted by Crippen LogP contribution is 2.10. The molecule has 0 fully saturated rings. The first kappa shape index (κ1) is 24.7.